The van der Waals surface area contributed by atoms with Crippen molar-refractivity contribution < 1.29 is 19.4 Å². The Morgan fingerprint density at radius 2 is 1.84 bits per heavy atom. The van der Waals surface area contributed by atoms with Crippen molar-refractivity contribution >= 4 is 11.9 Å². The lowest BCUT2D eigenvalue weighted by atomic mass is 9.74. The topological polar surface area (TPSA) is 63.6 Å². The van der Waals surface area contributed by atoms with Crippen molar-refractivity contribution in [2.45, 2.75) is 77.7 Å². The predicted octanol–water partition coefficient (Wildman–Crippen LogP) is 3.53. The number of esters is 1. The number of carboxylic acid groups (broad SMARTS) is 1. The Balaban J connectivity index is 2.55. The first-order valence-electron chi connectivity index (χ1n) is 7.47. The molecule has 0 spiro atoms. The third-order valence-corrected chi connectivity index (χ3v) is 4.03. The minimum absolute atomic E-state index is 0.183. The van der Waals surface area contributed by atoms with E-state index in [0.717, 1.165) is 44.9 Å². The molecule has 1 unspecified atom stereocenters. The van der Waals surface area contributed by atoms with Crippen LogP contribution in [0.1, 0.15) is 71.6 Å². The van der Waals surface area contributed by atoms with Crippen molar-refractivity contribution in [1.82, 2.24) is 0 Å². The average Bonchev–Trinajstić information content (AvgIpc) is 2.39. The fraction of sp³-hybridized carbons (Fsp3) is 0.867. The Kier molecular flexibility index (Phi) is 6.32. The summed E-state index contributed by atoms with van der Waals surface area (Å²) < 4.78 is 5.38. The van der Waals surface area contributed by atoms with Gasteiger partial charge in [0, 0.05) is 0 Å². The second-order valence-electron chi connectivity index (χ2n) is 5.66. The highest BCUT2D eigenvalue weighted by Crippen LogP contribution is 2.38. The maximum Gasteiger partial charge on any atom is 0.323 e. The van der Waals surface area contributed by atoms with Crippen molar-refractivity contribution in [2.75, 3.05) is 0 Å². The molecule has 0 aromatic rings. The van der Waals surface area contributed by atoms with Gasteiger partial charge in [0.15, 0.2) is 5.41 Å². The maximum atomic E-state index is 12.2. The number of carboxylic acids is 1. The molecule has 0 aromatic carbocycles. The molecule has 1 aliphatic rings. The van der Waals surface area contributed by atoms with Crippen LogP contribution in [0.15, 0.2) is 0 Å². The summed E-state index contributed by atoms with van der Waals surface area (Å²) in [7, 11) is 0. The van der Waals surface area contributed by atoms with E-state index in [-0.39, 0.29) is 6.10 Å². The second kappa shape index (κ2) is 7.51. The third kappa shape index (κ3) is 4.22. The Morgan fingerprint density at radius 1 is 1.21 bits per heavy atom. The molecule has 19 heavy (non-hydrogen) atoms. The molecule has 1 rings (SSSR count). The van der Waals surface area contributed by atoms with Gasteiger partial charge in [0.05, 0.1) is 6.10 Å². The molecule has 0 aromatic heterocycles. The number of ether oxygens (including phenoxy) is 1. The van der Waals surface area contributed by atoms with Crippen LogP contribution in [0.25, 0.3) is 0 Å². The van der Waals surface area contributed by atoms with Gasteiger partial charge in [-0.3, -0.25) is 9.59 Å². The van der Waals surface area contributed by atoms with Gasteiger partial charge in [-0.15, -0.1) is 0 Å². The highest BCUT2D eigenvalue weighted by Gasteiger charge is 2.48. The minimum Gasteiger partial charge on any atom is -0.480 e. The number of carbonyl (C=O) groups excluding carboxylic acids is 1. The van der Waals surface area contributed by atoms with Gasteiger partial charge in [0.25, 0.3) is 0 Å². The van der Waals surface area contributed by atoms with E-state index in [4.69, 9.17) is 4.74 Å². The van der Waals surface area contributed by atoms with Crippen LogP contribution in [-0.2, 0) is 14.3 Å². The standard InChI is InChI=1S/C15H26O4/c1-3-4-6-9-12(2)19-14(18)15(13(16)17)10-7-5-8-11-15/h12H,3-11H2,1-2H3,(H,16,17). The molecule has 110 valence electrons. The van der Waals surface area contributed by atoms with Gasteiger partial charge in [-0.25, -0.2) is 0 Å². The summed E-state index contributed by atoms with van der Waals surface area (Å²) in [5.74, 6) is -1.54. The molecule has 1 atom stereocenters. The van der Waals surface area contributed by atoms with Crippen molar-refractivity contribution in [3.05, 3.63) is 0 Å². The molecule has 0 bridgehead atoms. The first-order chi connectivity index (χ1) is 9.03. The van der Waals surface area contributed by atoms with Crippen LogP contribution in [0.4, 0.5) is 0 Å². The zero-order valence-corrected chi connectivity index (χ0v) is 12.1. The Labute approximate surface area is 115 Å². The van der Waals surface area contributed by atoms with Crippen LogP contribution in [-0.4, -0.2) is 23.1 Å². The van der Waals surface area contributed by atoms with Gasteiger partial charge in [-0.2, -0.15) is 0 Å². The van der Waals surface area contributed by atoms with E-state index in [1.807, 2.05) is 6.92 Å². The van der Waals surface area contributed by atoms with Crippen molar-refractivity contribution in [3.8, 4) is 0 Å². The van der Waals surface area contributed by atoms with Gasteiger partial charge >= 0.3 is 11.9 Å². The summed E-state index contributed by atoms with van der Waals surface area (Å²) in [4.78, 5) is 23.7. The van der Waals surface area contributed by atoms with E-state index < -0.39 is 17.4 Å². The summed E-state index contributed by atoms with van der Waals surface area (Å²) >= 11 is 0. The lowest BCUT2D eigenvalue weighted by molar-refractivity contribution is -0.174. The number of rotatable bonds is 7. The number of hydrogen-bond donors (Lipinski definition) is 1. The monoisotopic (exact) mass is 270 g/mol. The van der Waals surface area contributed by atoms with Crippen molar-refractivity contribution in [1.29, 1.82) is 0 Å². The van der Waals surface area contributed by atoms with Gasteiger partial charge in [0.2, 0.25) is 0 Å². The van der Waals surface area contributed by atoms with Crippen LogP contribution < -0.4 is 0 Å². The molecule has 0 radical (unpaired) electrons. The molecule has 0 aliphatic heterocycles. The number of carbonyl (C=O) groups is 2. The van der Waals surface area contributed by atoms with Gasteiger partial charge in [-0.05, 0) is 32.6 Å². The summed E-state index contributed by atoms with van der Waals surface area (Å²) in [6, 6.07) is 0. The van der Waals surface area contributed by atoms with Crippen LogP contribution in [0.2, 0.25) is 0 Å². The molecule has 1 fully saturated rings. The molecular formula is C15H26O4. The van der Waals surface area contributed by atoms with E-state index in [9.17, 15) is 14.7 Å². The zero-order chi connectivity index (χ0) is 14.3. The summed E-state index contributed by atoms with van der Waals surface area (Å²) in [5.41, 5.74) is -1.28. The quantitative estimate of drug-likeness (QED) is 0.436. The molecule has 4 heteroatoms. The fourth-order valence-corrected chi connectivity index (χ4v) is 2.70. The molecule has 1 saturated carbocycles. The normalized spacial score (nSPS) is 19.7. The van der Waals surface area contributed by atoms with Gasteiger partial charge in [-0.1, -0.05) is 39.0 Å². The highest BCUT2D eigenvalue weighted by molar-refractivity contribution is 5.99. The molecule has 0 amide bonds. The van der Waals surface area contributed by atoms with Gasteiger partial charge < -0.3 is 9.84 Å². The van der Waals surface area contributed by atoms with Crippen molar-refractivity contribution in [2.24, 2.45) is 5.41 Å². The zero-order valence-electron chi connectivity index (χ0n) is 12.1. The largest absolute Gasteiger partial charge is 0.480 e. The number of aliphatic carboxylic acids is 1. The molecule has 4 nitrogen and oxygen atoms in total. The van der Waals surface area contributed by atoms with Crippen molar-refractivity contribution in [3.63, 3.8) is 0 Å². The smallest absolute Gasteiger partial charge is 0.323 e. The predicted molar refractivity (Wildman–Crippen MR) is 72.8 cm³/mol. The summed E-state index contributed by atoms with van der Waals surface area (Å²) in [6.45, 7) is 3.98. The minimum atomic E-state index is -1.28. The Morgan fingerprint density at radius 3 is 2.37 bits per heavy atom. The van der Waals surface area contributed by atoms with E-state index in [1.165, 1.54) is 0 Å². The van der Waals surface area contributed by atoms with Gasteiger partial charge in [0.1, 0.15) is 0 Å². The summed E-state index contributed by atoms with van der Waals surface area (Å²) in [6.07, 6.45) is 7.33. The highest BCUT2D eigenvalue weighted by atomic mass is 16.5. The Hall–Kier alpha value is -1.06. The molecule has 1 N–H and O–H groups in total. The van der Waals surface area contributed by atoms with Crippen LogP contribution in [0.5, 0.6) is 0 Å². The average molecular weight is 270 g/mol. The molecular weight excluding hydrogens is 244 g/mol. The first kappa shape index (κ1) is 16.0. The second-order valence-corrected chi connectivity index (χ2v) is 5.66. The number of hydrogen-bond acceptors (Lipinski definition) is 3. The van der Waals surface area contributed by atoms with E-state index in [1.54, 1.807) is 0 Å². The maximum absolute atomic E-state index is 12.2. The molecule has 1 aliphatic carbocycles. The van der Waals surface area contributed by atoms with E-state index in [2.05, 4.69) is 6.92 Å². The van der Waals surface area contributed by atoms with Crippen LogP contribution in [0, 0.1) is 5.41 Å². The summed E-state index contributed by atoms with van der Waals surface area (Å²) in [5, 5.41) is 9.39. The van der Waals surface area contributed by atoms with Crippen LogP contribution >= 0.6 is 0 Å². The third-order valence-electron chi connectivity index (χ3n) is 4.03. The SMILES string of the molecule is CCCCCC(C)OC(=O)C1(C(=O)O)CCCCC1. The fourth-order valence-electron chi connectivity index (χ4n) is 2.70. The van der Waals surface area contributed by atoms with E-state index >= 15 is 0 Å². The van der Waals surface area contributed by atoms with E-state index in [0.29, 0.717) is 12.8 Å². The lowest BCUT2D eigenvalue weighted by Gasteiger charge is -2.31. The Bertz CT molecular complexity index is 305. The lowest BCUT2D eigenvalue weighted by Crippen LogP contribution is -2.43. The molecule has 0 heterocycles. The van der Waals surface area contributed by atoms with Crippen LogP contribution in [0.3, 0.4) is 0 Å². The number of unbranched alkanes of at least 4 members (excludes halogenated alkanes) is 2. The first-order valence-corrected chi connectivity index (χ1v) is 7.47. The molecule has 0 saturated heterocycles.